The summed E-state index contributed by atoms with van der Waals surface area (Å²) in [5.74, 6) is -1.55. The van der Waals surface area contributed by atoms with Gasteiger partial charge >= 0.3 is 12.0 Å². The molecule has 9 heteroatoms. The molecule has 3 N–H and O–H groups in total. The van der Waals surface area contributed by atoms with Gasteiger partial charge in [0.05, 0.1) is 5.56 Å². The molecule has 0 atom stereocenters. The van der Waals surface area contributed by atoms with Gasteiger partial charge in [-0.1, -0.05) is 0 Å². The van der Waals surface area contributed by atoms with Gasteiger partial charge in [0.2, 0.25) is 5.91 Å². The molecule has 1 saturated carbocycles. The quantitative estimate of drug-likeness (QED) is 0.691. The zero-order valence-electron chi connectivity index (χ0n) is 13.6. The van der Waals surface area contributed by atoms with E-state index in [0.29, 0.717) is 10.6 Å². The van der Waals surface area contributed by atoms with Gasteiger partial charge in [-0.05, 0) is 32.3 Å². The molecule has 4 amide bonds. The molecule has 2 rings (SSSR count). The van der Waals surface area contributed by atoms with Gasteiger partial charge in [0.25, 0.3) is 5.91 Å². The van der Waals surface area contributed by atoms with Crippen molar-refractivity contribution in [3.8, 4) is 0 Å². The minimum absolute atomic E-state index is 0.00918. The van der Waals surface area contributed by atoms with Crippen molar-refractivity contribution in [1.29, 1.82) is 0 Å². The number of rotatable bonds is 5. The SMILES string of the molecule is CNC(=O)NC(=O)COC(=O)c1c(NC(=O)C2CC2)sc(C)c1C. The maximum absolute atomic E-state index is 12.3. The van der Waals surface area contributed by atoms with Crippen LogP contribution in [-0.2, 0) is 14.3 Å². The Balaban J connectivity index is 2.03. The maximum atomic E-state index is 12.3. The second-order valence-electron chi connectivity index (χ2n) is 5.45. The molecule has 0 aromatic carbocycles. The molecule has 130 valence electrons. The van der Waals surface area contributed by atoms with E-state index in [1.54, 1.807) is 6.92 Å². The zero-order chi connectivity index (χ0) is 17.9. The highest BCUT2D eigenvalue weighted by Crippen LogP contribution is 2.36. The number of anilines is 1. The summed E-state index contributed by atoms with van der Waals surface area (Å²) in [6.45, 7) is 3.00. The highest BCUT2D eigenvalue weighted by atomic mass is 32.1. The van der Waals surface area contributed by atoms with Crippen LogP contribution in [0.1, 0.15) is 33.6 Å². The van der Waals surface area contributed by atoms with Crippen LogP contribution in [0.15, 0.2) is 0 Å². The summed E-state index contributed by atoms with van der Waals surface area (Å²) in [6, 6.07) is -0.684. The molecule has 0 spiro atoms. The van der Waals surface area contributed by atoms with Crippen LogP contribution >= 0.6 is 11.3 Å². The molecule has 0 aliphatic heterocycles. The van der Waals surface area contributed by atoms with E-state index in [2.05, 4.69) is 10.6 Å². The Hall–Kier alpha value is -2.42. The summed E-state index contributed by atoms with van der Waals surface area (Å²) < 4.78 is 4.95. The summed E-state index contributed by atoms with van der Waals surface area (Å²) in [7, 11) is 1.36. The first-order chi connectivity index (χ1) is 11.3. The number of hydrogen-bond acceptors (Lipinski definition) is 6. The monoisotopic (exact) mass is 353 g/mol. The Bertz CT molecular complexity index is 694. The third-order valence-corrected chi connectivity index (χ3v) is 4.71. The van der Waals surface area contributed by atoms with Crippen LogP contribution in [0.25, 0.3) is 0 Å². The van der Waals surface area contributed by atoms with Gasteiger partial charge in [-0.3, -0.25) is 14.9 Å². The highest BCUT2D eigenvalue weighted by molar-refractivity contribution is 7.16. The van der Waals surface area contributed by atoms with Crippen molar-refractivity contribution < 1.29 is 23.9 Å². The molecule has 1 aromatic heterocycles. The Morgan fingerprint density at radius 1 is 1.21 bits per heavy atom. The molecule has 1 aromatic rings. The van der Waals surface area contributed by atoms with Gasteiger partial charge < -0.3 is 15.4 Å². The first-order valence-electron chi connectivity index (χ1n) is 7.43. The predicted molar refractivity (Wildman–Crippen MR) is 88.0 cm³/mol. The summed E-state index contributed by atoms with van der Waals surface area (Å²) in [6.07, 6.45) is 1.71. The molecule has 0 unspecified atom stereocenters. The minimum atomic E-state index is -0.740. The van der Waals surface area contributed by atoms with Crippen LogP contribution in [0.2, 0.25) is 0 Å². The molecule has 0 saturated heterocycles. The third-order valence-electron chi connectivity index (χ3n) is 3.59. The van der Waals surface area contributed by atoms with Crippen molar-refractivity contribution in [2.45, 2.75) is 26.7 Å². The van der Waals surface area contributed by atoms with Crippen molar-refractivity contribution in [3.05, 3.63) is 16.0 Å². The van der Waals surface area contributed by atoms with Crippen LogP contribution in [-0.4, -0.2) is 37.5 Å². The zero-order valence-corrected chi connectivity index (χ0v) is 14.5. The summed E-state index contributed by atoms with van der Waals surface area (Å²) in [4.78, 5) is 47.6. The third kappa shape index (κ3) is 4.31. The van der Waals surface area contributed by atoms with E-state index >= 15 is 0 Å². The van der Waals surface area contributed by atoms with Crippen LogP contribution in [0.4, 0.5) is 9.80 Å². The van der Waals surface area contributed by atoms with Crippen molar-refractivity contribution in [1.82, 2.24) is 10.6 Å². The van der Waals surface area contributed by atoms with Gasteiger partial charge in [-0.25, -0.2) is 9.59 Å². The number of imide groups is 1. The van der Waals surface area contributed by atoms with Crippen LogP contribution < -0.4 is 16.0 Å². The number of carbonyl (C=O) groups is 4. The number of hydrogen-bond donors (Lipinski definition) is 3. The molecular weight excluding hydrogens is 334 g/mol. The van der Waals surface area contributed by atoms with Gasteiger partial charge in [0.15, 0.2) is 6.61 Å². The Kier molecular flexibility index (Phi) is 5.55. The fraction of sp³-hybridized carbons (Fsp3) is 0.467. The lowest BCUT2D eigenvalue weighted by Gasteiger charge is -2.08. The summed E-state index contributed by atoms with van der Waals surface area (Å²) >= 11 is 1.29. The fourth-order valence-electron chi connectivity index (χ4n) is 1.95. The van der Waals surface area contributed by atoms with Crippen molar-refractivity contribution in [2.24, 2.45) is 5.92 Å². The normalized spacial score (nSPS) is 13.1. The lowest BCUT2D eigenvalue weighted by atomic mass is 10.1. The number of carbonyl (C=O) groups excluding carboxylic acids is 4. The Morgan fingerprint density at radius 3 is 2.46 bits per heavy atom. The smallest absolute Gasteiger partial charge is 0.341 e. The standard InChI is InChI=1S/C15H19N3O5S/c1-7-8(2)24-13(18-12(20)9-4-5-9)11(7)14(21)23-6-10(19)17-15(22)16-3/h9H,4-6H2,1-3H3,(H,18,20)(H2,16,17,19,22). The van der Waals surface area contributed by atoms with Crippen LogP contribution in [0.3, 0.4) is 0 Å². The van der Waals surface area contributed by atoms with Crippen molar-refractivity contribution in [3.63, 3.8) is 0 Å². The number of thiophene rings is 1. The predicted octanol–water partition coefficient (Wildman–Crippen LogP) is 1.33. The van der Waals surface area contributed by atoms with Gasteiger partial charge in [-0.2, -0.15) is 0 Å². The average molecular weight is 353 g/mol. The van der Waals surface area contributed by atoms with E-state index in [1.807, 2.05) is 12.2 Å². The topological polar surface area (TPSA) is 114 Å². The number of urea groups is 1. The van der Waals surface area contributed by atoms with Crippen LogP contribution in [0.5, 0.6) is 0 Å². The van der Waals surface area contributed by atoms with E-state index in [1.165, 1.54) is 18.4 Å². The number of amides is 4. The lowest BCUT2D eigenvalue weighted by molar-refractivity contribution is -0.123. The first kappa shape index (κ1) is 17.9. The number of nitrogens with one attached hydrogen (secondary N) is 3. The first-order valence-corrected chi connectivity index (χ1v) is 8.24. The molecule has 8 nitrogen and oxygen atoms in total. The second-order valence-corrected chi connectivity index (χ2v) is 6.68. The van der Waals surface area contributed by atoms with Crippen molar-refractivity contribution in [2.75, 3.05) is 19.0 Å². The Morgan fingerprint density at radius 2 is 1.88 bits per heavy atom. The molecule has 1 heterocycles. The number of aryl methyl sites for hydroxylation is 1. The van der Waals surface area contributed by atoms with E-state index in [-0.39, 0.29) is 17.4 Å². The highest BCUT2D eigenvalue weighted by Gasteiger charge is 2.31. The van der Waals surface area contributed by atoms with E-state index in [4.69, 9.17) is 4.74 Å². The van der Waals surface area contributed by atoms with Gasteiger partial charge in [0, 0.05) is 17.8 Å². The average Bonchev–Trinajstić information content (AvgIpc) is 3.33. The van der Waals surface area contributed by atoms with E-state index in [0.717, 1.165) is 17.7 Å². The summed E-state index contributed by atoms with van der Waals surface area (Å²) in [5, 5.41) is 7.40. The lowest BCUT2D eigenvalue weighted by Crippen LogP contribution is -2.39. The molecular formula is C15H19N3O5S. The molecule has 1 aliphatic carbocycles. The van der Waals surface area contributed by atoms with Gasteiger partial charge in [-0.15, -0.1) is 11.3 Å². The largest absolute Gasteiger partial charge is 0.452 e. The number of ether oxygens (including phenoxy) is 1. The molecule has 1 fully saturated rings. The second kappa shape index (κ2) is 7.43. The molecule has 0 bridgehead atoms. The summed E-state index contributed by atoms with van der Waals surface area (Å²) in [5.41, 5.74) is 0.946. The molecule has 0 radical (unpaired) electrons. The maximum Gasteiger partial charge on any atom is 0.341 e. The molecule has 1 aliphatic rings. The molecule has 24 heavy (non-hydrogen) atoms. The van der Waals surface area contributed by atoms with Crippen LogP contribution in [0, 0.1) is 19.8 Å². The Labute approximate surface area is 142 Å². The number of esters is 1. The van der Waals surface area contributed by atoms with Gasteiger partial charge in [0.1, 0.15) is 5.00 Å². The van der Waals surface area contributed by atoms with E-state index < -0.39 is 24.5 Å². The minimum Gasteiger partial charge on any atom is -0.452 e. The van der Waals surface area contributed by atoms with E-state index in [9.17, 15) is 19.2 Å². The van der Waals surface area contributed by atoms with Crippen molar-refractivity contribution >= 4 is 40.2 Å². The fourth-order valence-corrected chi connectivity index (χ4v) is 3.00.